The van der Waals surface area contributed by atoms with Crippen molar-refractivity contribution >= 4 is 6.09 Å². The number of unbranched alkanes of at least 4 members (excludes halogenated alkanes) is 3. The first-order valence-electron chi connectivity index (χ1n) is 15.0. The van der Waals surface area contributed by atoms with E-state index in [1.807, 2.05) is 45.0 Å². The predicted molar refractivity (Wildman–Crippen MR) is 167 cm³/mol. The molecule has 0 saturated heterocycles. The van der Waals surface area contributed by atoms with Crippen molar-refractivity contribution in [2.24, 2.45) is 0 Å². The molecule has 0 bridgehead atoms. The molecule has 3 rings (SSSR count). The number of carbonyl (C=O) groups excluding carboxylic acids is 1. The maximum atomic E-state index is 11.9. The zero-order chi connectivity index (χ0) is 29.5. The summed E-state index contributed by atoms with van der Waals surface area (Å²) in [5.74, 6) is 2.46. The van der Waals surface area contributed by atoms with Gasteiger partial charge in [-0.2, -0.15) is 0 Å². The lowest BCUT2D eigenvalue weighted by Crippen LogP contribution is -2.33. The van der Waals surface area contributed by atoms with Gasteiger partial charge in [0.05, 0.1) is 19.8 Å². The molecule has 6 heteroatoms. The van der Waals surface area contributed by atoms with Crippen molar-refractivity contribution in [2.45, 2.75) is 78.7 Å². The molecular weight excluding hydrogens is 514 g/mol. The van der Waals surface area contributed by atoms with Gasteiger partial charge in [0.25, 0.3) is 0 Å². The van der Waals surface area contributed by atoms with Gasteiger partial charge in [0.1, 0.15) is 22.8 Å². The maximum absolute atomic E-state index is 11.9. The number of nitrogens with one attached hydrogen (secondary N) is 1. The van der Waals surface area contributed by atoms with E-state index in [2.05, 4.69) is 61.6 Å². The van der Waals surface area contributed by atoms with Crippen LogP contribution >= 0.6 is 0 Å². The minimum Gasteiger partial charge on any atom is -0.494 e. The minimum atomic E-state index is -0.519. The Morgan fingerprint density at radius 2 is 1.22 bits per heavy atom. The first kappa shape index (κ1) is 31.9. The Hall–Kier alpha value is -3.67. The highest BCUT2D eigenvalue weighted by Crippen LogP contribution is 2.35. The molecular formula is C35H47NO5. The summed E-state index contributed by atoms with van der Waals surface area (Å²) >= 11 is 0. The van der Waals surface area contributed by atoms with Crippen LogP contribution in [0.4, 0.5) is 4.79 Å². The van der Waals surface area contributed by atoms with Gasteiger partial charge in [-0.1, -0.05) is 69.5 Å². The second kappa shape index (κ2) is 16.6. The van der Waals surface area contributed by atoms with Gasteiger partial charge in [-0.3, -0.25) is 0 Å². The number of hydrogen-bond acceptors (Lipinski definition) is 5. The lowest BCUT2D eigenvalue weighted by molar-refractivity contribution is 0.0525. The first-order valence-corrected chi connectivity index (χ1v) is 15.0. The molecule has 222 valence electrons. The quantitative estimate of drug-likeness (QED) is 0.177. The number of rotatable bonds is 16. The smallest absolute Gasteiger partial charge is 0.407 e. The summed E-state index contributed by atoms with van der Waals surface area (Å²) in [6, 6.07) is 22.8. The average Bonchev–Trinajstić information content (AvgIpc) is 2.95. The van der Waals surface area contributed by atoms with Crippen molar-refractivity contribution in [3.05, 3.63) is 66.7 Å². The molecule has 3 aromatic carbocycles. The standard InChI is InChI=1S/C35H47NO5/c1-6-8-10-24-38-30-18-16-28(17-19-30)27-12-14-29(15-13-27)32-21-20-31(39-23-9-7-2)26-33(32)40-25-11-22-36-34(37)41-35(3,4)5/h12-21,26H,6-11,22-25H2,1-5H3,(H,36,37). The van der Waals surface area contributed by atoms with Crippen LogP contribution in [0.1, 0.15) is 73.1 Å². The van der Waals surface area contributed by atoms with E-state index in [1.165, 1.54) is 12.8 Å². The maximum Gasteiger partial charge on any atom is 0.407 e. The first-order chi connectivity index (χ1) is 19.8. The minimum absolute atomic E-state index is 0.418. The van der Waals surface area contributed by atoms with E-state index >= 15 is 0 Å². The van der Waals surface area contributed by atoms with Crippen LogP contribution in [0.25, 0.3) is 22.3 Å². The number of hydrogen-bond donors (Lipinski definition) is 1. The van der Waals surface area contributed by atoms with Crippen molar-refractivity contribution < 1.29 is 23.7 Å². The summed E-state index contributed by atoms with van der Waals surface area (Å²) < 4.78 is 23.3. The fraction of sp³-hybridized carbons (Fsp3) is 0.457. The third kappa shape index (κ3) is 11.4. The Bertz CT molecular complexity index is 1180. The van der Waals surface area contributed by atoms with Crippen LogP contribution in [0.5, 0.6) is 17.2 Å². The summed E-state index contributed by atoms with van der Waals surface area (Å²) in [5, 5.41) is 2.78. The van der Waals surface area contributed by atoms with Crippen LogP contribution in [0.2, 0.25) is 0 Å². The molecule has 0 atom stereocenters. The van der Waals surface area contributed by atoms with Crippen molar-refractivity contribution in [1.82, 2.24) is 5.32 Å². The lowest BCUT2D eigenvalue weighted by atomic mass is 9.99. The molecule has 0 aliphatic carbocycles. The van der Waals surface area contributed by atoms with Gasteiger partial charge in [0, 0.05) is 18.2 Å². The number of alkyl carbamates (subject to hydrolysis) is 1. The summed E-state index contributed by atoms with van der Waals surface area (Å²) in [4.78, 5) is 11.9. The Labute approximate surface area is 246 Å². The van der Waals surface area contributed by atoms with Crippen LogP contribution in [0, 0.1) is 0 Å². The molecule has 0 aromatic heterocycles. The van der Waals surface area contributed by atoms with Crippen molar-refractivity contribution in [1.29, 1.82) is 0 Å². The van der Waals surface area contributed by atoms with E-state index < -0.39 is 11.7 Å². The van der Waals surface area contributed by atoms with E-state index in [1.54, 1.807) is 0 Å². The molecule has 0 aliphatic rings. The fourth-order valence-electron chi connectivity index (χ4n) is 4.17. The van der Waals surface area contributed by atoms with Gasteiger partial charge >= 0.3 is 6.09 Å². The van der Waals surface area contributed by atoms with Crippen molar-refractivity contribution in [3.63, 3.8) is 0 Å². The molecule has 0 saturated carbocycles. The molecule has 3 aromatic rings. The molecule has 1 N–H and O–H groups in total. The van der Waals surface area contributed by atoms with Crippen molar-refractivity contribution in [3.8, 4) is 39.5 Å². The molecule has 1 amide bonds. The van der Waals surface area contributed by atoms with Crippen LogP contribution in [0.3, 0.4) is 0 Å². The molecule has 0 unspecified atom stereocenters. The molecule has 0 spiro atoms. The van der Waals surface area contributed by atoms with Crippen molar-refractivity contribution in [2.75, 3.05) is 26.4 Å². The molecule has 0 fully saturated rings. The average molecular weight is 562 g/mol. The van der Waals surface area contributed by atoms with Crippen LogP contribution < -0.4 is 19.5 Å². The van der Waals surface area contributed by atoms with E-state index in [9.17, 15) is 4.79 Å². The number of benzene rings is 3. The van der Waals surface area contributed by atoms with E-state index in [0.717, 1.165) is 65.4 Å². The molecule has 0 aliphatic heterocycles. The van der Waals surface area contributed by atoms with E-state index in [-0.39, 0.29) is 0 Å². The summed E-state index contributed by atoms with van der Waals surface area (Å²) in [6.07, 6.45) is 5.78. The monoisotopic (exact) mass is 561 g/mol. The molecule has 6 nitrogen and oxygen atoms in total. The molecule has 0 heterocycles. The van der Waals surface area contributed by atoms with Gasteiger partial charge in [0.15, 0.2) is 0 Å². The highest BCUT2D eigenvalue weighted by molar-refractivity contribution is 5.75. The Morgan fingerprint density at radius 3 is 1.88 bits per heavy atom. The number of carbonyl (C=O) groups is 1. The third-order valence-corrected chi connectivity index (χ3v) is 6.37. The predicted octanol–water partition coefficient (Wildman–Crippen LogP) is 9.06. The van der Waals surface area contributed by atoms with Crippen LogP contribution in [0.15, 0.2) is 66.7 Å². The third-order valence-electron chi connectivity index (χ3n) is 6.37. The summed E-state index contributed by atoms with van der Waals surface area (Å²) in [5.41, 5.74) is 3.82. The summed E-state index contributed by atoms with van der Waals surface area (Å²) in [6.45, 7) is 12.2. The second-order valence-corrected chi connectivity index (χ2v) is 11.1. The highest BCUT2D eigenvalue weighted by Gasteiger charge is 2.15. The SMILES string of the molecule is CCCCCOc1ccc(-c2ccc(-c3ccc(OCCCC)cc3OCCCNC(=O)OC(C)(C)C)cc2)cc1. The fourth-order valence-corrected chi connectivity index (χ4v) is 4.17. The van der Waals surface area contributed by atoms with E-state index in [4.69, 9.17) is 18.9 Å². The second-order valence-electron chi connectivity index (χ2n) is 11.1. The van der Waals surface area contributed by atoms with Gasteiger partial charge in [-0.15, -0.1) is 0 Å². The molecule has 41 heavy (non-hydrogen) atoms. The van der Waals surface area contributed by atoms with Gasteiger partial charge in [-0.25, -0.2) is 4.79 Å². The van der Waals surface area contributed by atoms with Gasteiger partial charge in [-0.05, 0) is 81.0 Å². The zero-order valence-corrected chi connectivity index (χ0v) is 25.5. The normalized spacial score (nSPS) is 11.1. The largest absolute Gasteiger partial charge is 0.494 e. The highest BCUT2D eigenvalue weighted by atomic mass is 16.6. The van der Waals surface area contributed by atoms with Crippen LogP contribution in [-0.4, -0.2) is 38.1 Å². The van der Waals surface area contributed by atoms with Crippen LogP contribution in [-0.2, 0) is 4.74 Å². The van der Waals surface area contributed by atoms with E-state index in [0.29, 0.717) is 26.2 Å². The Morgan fingerprint density at radius 1 is 0.659 bits per heavy atom. The number of ether oxygens (including phenoxy) is 4. The number of amides is 1. The Balaban J connectivity index is 1.66. The molecule has 0 radical (unpaired) electrons. The van der Waals surface area contributed by atoms with Gasteiger partial charge in [0.2, 0.25) is 0 Å². The lowest BCUT2D eigenvalue weighted by Gasteiger charge is -2.19. The summed E-state index contributed by atoms with van der Waals surface area (Å²) in [7, 11) is 0. The topological polar surface area (TPSA) is 66.0 Å². The van der Waals surface area contributed by atoms with Gasteiger partial charge < -0.3 is 24.3 Å². The Kier molecular flexibility index (Phi) is 12.9. The zero-order valence-electron chi connectivity index (χ0n) is 25.5.